The van der Waals surface area contributed by atoms with Gasteiger partial charge in [-0.2, -0.15) is 0 Å². The molecule has 3 aromatic rings. The Bertz CT molecular complexity index is 753. The van der Waals surface area contributed by atoms with Gasteiger partial charge in [0.15, 0.2) is 11.6 Å². The van der Waals surface area contributed by atoms with Gasteiger partial charge in [0.2, 0.25) is 0 Å². The first kappa shape index (κ1) is 12.0. The fraction of sp³-hybridized carbons (Fsp3) is 0.154. The molecule has 3 rings (SSSR count). The third-order valence-corrected chi connectivity index (χ3v) is 4.01. The van der Waals surface area contributed by atoms with Gasteiger partial charge in [0.25, 0.3) is 0 Å². The molecule has 0 amide bonds. The number of nitrogens with zero attached hydrogens (tertiary/aromatic N) is 3. The predicted octanol–water partition coefficient (Wildman–Crippen LogP) is 3.04. The average Bonchev–Trinajstić information content (AvgIpc) is 2.83. The Morgan fingerprint density at radius 1 is 1.37 bits per heavy atom. The van der Waals surface area contributed by atoms with Gasteiger partial charge in [-0.05, 0) is 18.6 Å². The standard InChI is InChI=1S/C13H11FN4S/c1-2-7-5-9-11(15)17-12(18-13(9)19-7)8-3-4-16-6-10(8)14/h3-6H,2H2,1H3,(H2,15,17,18). The number of hydrogen-bond donors (Lipinski definition) is 1. The molecule has 2 N–H and O–H groups in total. The predicted molar refractivity (Wildman–Crippen MR) is 74.4 cm³/mol. The molecular weight excluding hydrogens is 263 g/mol. The normalized spacial score (nSPS) is 11.1. The minimum atomic E-state index is -0.450. The number of aromatic nitrogens is 3. The van der Waals surface area contributed by atoms with E-state index in [2.05, 4.69) is 21.9 Å². The number of aryl methyl sites for hydroxylation is 1. The van der Waals surface area contributed by atoms with Crippen LogP contribution in [0.5, 0.6) is 0 Å². The molecule has 0 saturated heterocycles. The molecular formula is C13H11FN4S. The highest BCUT2D eigenvalue weighted by Gasteiger charge is 2.13. The van der Waals surface area contributed by atoms with Gasteiger partial charge in [-0.25, -0.2) is 14.4 Å². The van der Waals surface area contributed by atoms with Crippen LogP contribution in [0.4, 0.5) is 10.2 Å². The second-order valence-electron chi connectivity index (χ2n) is 4.07. The van der Waals surface area contributed by atoms with Crippen LogP contribution < -0.4 is 5.73 Å². The van der Waals surface area contributed by atoms with Crippen molar-refractivity contribution in [2.45, 2.75) is 13.3 Å². The summed E-state index contributed by atoms with van der Waals surface area (Å²) in [4.78, 5) is 14.3. The van der Waals surface area contributed by atoms with E-state index in [1.807, 2.05) is 6.07 Å². The van der Waals surface area contributed by atoms with E-state index in [0.717, 1.165) is 22.8 Å². The van der Waals surface area contributed by atoms with Crippen LogP contribution in [0.25, 0.3) is 21.6 Å². The highest BCUT2D eigenvalue weighted by Crippen LogP contribution is 2.30. The van der Waals surface area contributed by atoms with Crippen LogP contribution >= 0.6 is 11.3 Å². The number of pyridine rings is 1. The van der Waals surface area contributed by atoms with Crippen molar-refractivity contribution < 1.29 is 4.39 Å². The van der Waals surface area contributed by atoms with Gasteiger partial charge in [-0.15, -0.1) is 11.3 Å². The maximum atomic E-state index is 13.7. The maximum absolute atomic E-state index is 13.7. The molecule has 0 aliphatic rings. The number of hydrogen-bond acceptors (Lipinski definition) is 5. The van der Waals surface area contributed by atoms with Gasteiger partial charge in [-0.3, -0.25) is 4.98 Å². The van der Waals surface area contributed by atoms with Crippen molar-refractivity contribution >= 4 is 27.4 Å². The number of fused-ring (bicyclic) bond motifs is 1. The SMILES string of the molecule is CCc1cc2c(N)nc(-c3ccncc3F)nc2s1. The van der Waals surface area contributed by atoms with Crippen molar-refractivity contribution in [3.05, 3.63) is 35.2 Å². The van der Waals surface area contributed by atoms with Crippen molar-refractivity contribution in [2.75, 3.05) is 5.73 Å². The first-order valence-corrected chi connectivity index (χ1v) is 6.66. The summed E-state index contributed by atoms with van der Waals surface area (Å²) in [5.41, 5.74) is 6.24. The third kappa shape index (κ3) is 2.04. The van der Waals surface area contributed by atoms with Crippen LogP contribution in [0.15, 0.2) is 24.5 Å². The van der Waals surface area contributed by atoms with Crippen molar-refractivity contribution in [1.82, 2.24) is 15.0 Å². The van der Waals surface area contributed by atoms with Crippen LogP contribution in [-0.2, 0) is 6.42 Å². The molecule has 0 atom stereocenters. The van der Waals surface area contributed by atoms with Crippen molar-refractivity contribution in [3.8, 4) is 11.4 Å². The van der Waals surface area contributed by atoms with Crippen molar-refractivity contribution in [3.63, 3.8) is 0 Å². The Kier molecular flexibility index (Phi) is 2.87. The largest absolute Gasteiger partial charge is 0.383 e. The highest BCUT2D eigenvalue weighted by molar-refractivity contribution is 7.18. The molecule has 0 aromatic carbocycles. The number of nitrogens with two attached hydrogens (primary N) is 1. The molecule has 6 heteroatoms. The van der Waals surface area contributed by atoms with Gasteiger partial charge in [0.05, 0.1) is 17.1 Å². The molecule has 0 fully saturated rings. The van der Waals surface area contributed by atoms with Gasteiger partial charge in [-0.1, -0.05) is 6.92 Å². The molecule has 0 aliphatic heterocycles. The Balaban J connectivity index is 2.23. The summed E-state index contributed by atoms with van der Waals surface area (Å²) < 4.78 is 13.7. The second-order valence-corrected chi connectivity index (χ2v) is 5.19. The molecule has 0 aliphatic carbocycles. The third-order valence-electron chi connectivity index (χ3n) is 2.84. The summed E-state index contributed by atoms with van der Waals surface area (Å²) in [6, 6.07) is 3.53. The molecule has 96 valence electrons. The molecule has 0 bridgehead atoms. The van der Waals surface area contributed by atoms with Gasteiger partial charge in [0, 0.05) is 11.1 Å². The van der Waals surface area contributed by atoms with Gasteiger partial charge in [0.1, 0.15) is 10.6 Å². The molecule has 3 aromatic heterocycles. The zero-order valence-electron chi connectivity index (χ0n) is 10.2. The Hall–Kier alpha value is -2.08. The fourth-order valence-electron chi connectivity index (χ4n) is 1.84. The van der Waals surface area contributed by atoms with E-state index in [4.69, 9.17) is 5.73 Å². The van der Waals surface area contributed by atoms with Crippen molar-refractivity contribution in [1.29, 1.82) is 0 Å². The summed E-state index contributed by atoms with van der Waals surface area (Å²) in [6.45, 7) is 2.07. The topological polar surface area (TPSA) is 64.7 Å². The lowest BCUT2D eigenvalue weighted by Crippen LogP contribution is -1.97. The lowest BCUT2D eigenvalue weighted by molar-refractivity contribution is 0.624. The summed E-state index contributed by atoms with van der Waals surface area (Å²) in [6.07, 6.45) is 3.57. The Morgan fingerprint density at radius 2 is 2.21 bits per heavy atom. The summed E-state index contributed by atoms with van der Waals surface area (Å²) in [7, 11) is 0. The molecule has 0 saturated carbocycles. The smallest absolute Gasteiger partial charge is 0.166 e. The number of rotatable bonds is 2. The monoisotopic (exact) mass is 274 g/mol. The molecule has 3 heterocycles. The van der Waals surface area contributed by atoms with Crippen LogP contribution in [0, 0.1) is 5.82 Å². The number of nitrogen functional groups attached to an aromatic ring is 1. The minimum Gasteiger partial charge on any atom is -0.383 e. The van der Waals surface area contributed by atoms with Crippen LogP contribution in [0.1, 0.15) is 11.8 Å². The number of halogens is 1. The molecule has 0 spiro atoms. The fourth-order valence-corrected chi connectivity index (χ4v) is 2.82. The van der Waals surface area contributed by atoms with Crippen LogP contribution in [0.3, 0.4) is 0 Å². The molecule has 19 heavy (non-hydrogen) atoms. The highest BCUT2D eigenvalue weighted by atomic mass is 32.1. The Labute approximate surface area is 113 Å². The van der Waals surface area contributed by atoms with E-state index in [1.54, 1.807) is 17.4 Å². The first-order valence-electron chi connectivity index (χ1n) is 5.85. The summed E-state index contributed by atoms with van der Waals surface area (Å²) in [5.74, 6) is 0.232. The summed E-state index contributed by atoms with van der Waals surface area (Å²) in [5, 5.41) is 0.833. The molecule has 0 radical (unpaired) electrons. The van der Waals surface area contributed by atoms with Gasteiger partial charge < -0.3 is 5.73 Å². The Morgan fingerprint density at radius 3 is 2.95 bits per heavy atom. The average molecular weight is 274 g/mol. The molecule has 4 nitrogen and oxygen atoms in total. The quantitative estimate of drug-likeness (QED) is 0.780. The number of anilines is 1. The summed E-state index contributed by atoms with van der Waals surface area (Å²) >= 11 is 1.56. The van der Waals surface area contributed by atoms with Crippen LogP contribution in [-0.4, -0.2) is 15.0 Å². The van der Waals surface area contributed by atoms with Gasteiger partial charge >= 0.3 is 0 Å². The lowest BCUT2D eigenvalue weighted by Gasteiger charge is -2.03. The van der Waals surface area contributed by atoms with E-state index in [0.29, 0.717) is 17.2 Å². The van der Waals surface area contributed by atoms with Crippen LogP contribution in [0.2, 0.25) is 0 Å². The van der Waals surface area contributed by atoms with E-state index in [1.165, 1.54) is 11.1 Å². The van der Waals surface area contributed by atoms with E-state index in [-0.39, 0.29) is 0 Å². The maximum Gasteiger partial charge on any atom is 0.166 e. The second kappa shape index (κ2) is 4.55. The van der Waals surface area contributed by atoms with E-state index < -0.39 is 5.82 Å². The van der Waals surface area contributed by atoms with E-state index in [9.17, 15) is 4.39 Å². The zero-order chi connectivity index (χ0) is 13.4. The number of thiophene rings is 1. The lowest BCUT2D eigenvalue weighted by atomic mass is 10.2. The zero-order valence-corrected chi connectivity index (χ0v) is 11.0. The molecule has 0 unspecified atom stereocenters. The minimum absolute atomic E-state index is 0.300. The van der Waals surface area contributed by atoms with Crippen molar-refractivity contribution in [2.24, 2.45) is 0 Å². The van der Waals surface area contributed by atoms with E-state index >= 15 is 0 Å². The first-order chi connectivity index (χ1) is 9.19.